The lowest BCUT2D eigenvalue weighted by atomic mass is 9.64. The predicted molar refractivity (Wildman–Crippen MR) is 86.4 cm³/mol. The topological polar surface area (TPSA) is 73.1 Å². The van der Waals surface area contributed by atoms with Gasteiger partial charge in [0.1, 0.15) is 10.8 Å². The van der Waals surface area contributed by atoms with Gasteiger partial charge in [0.25, 0.3) is 0 Å². The fourth-order valence-corrected chi connectivity index (χ4v) is 3.68. The van der Waals surface area contributed by atoms with E-state index in [4.69, 9.17) is 10.5 Å². The number of rotatable bonds is 4. The Morgan fingerprint density at radius 1 is 1.38 bits per heavy atom. The summed E-state index contributed by atoms with van der Waals surface area (Å²) in [5, 5.41) is 4.62. The molecule has 1 aliphatic rings. The average molecular weight is 304 g/mol. The van der Waals surface area contributed by atoms with Crippen LogP contribution in [-0.4, -0.2) is 28.6 Å². The molecule has 0 spiro atoms. The molecule has 5 nitrogen and oxygen atoms in total. The highest BCUT2D eigenvalue weighted by Crippen LogP contribution is 2.46. The first-order valence-electron chi connectivity index (χ1n) is 6.99. The minimum atomic E-state index is 0.100. The highest BCUT2D eigenvalue weighted by molar-refractivity contribution is 7.11. The van der Waals surface area contributed by atoms with Crippen molar-refractivity contribution in [2.45, 2.75) is 32.4 Å². The van der Waals surface area contributed by atoms with Crippen LogP contribution in [0.5, 0.6) is 0 Å². The van der Waals surface area contributed by atoms with Gasteiger partial charge in [-0.05, 0) is 35.6 Å². The molecule has 6 heteroatoms. The fraction of sp³-hybridized carbons (Fsp3) is 0.467. The number of hydrogen-bond donors (Lipinski definition) is 2. The second-order valence-corrected chi connectivity index (χ2v) is 6.76. The molecule has 2 aromatic heterocycles. The van der Waals surface area contributed by atoms with E-state index in [9.17, 15) is 0 Å². The van der Waals surface area contributed by atoms with Gasteiger partial charge in [0.05, 0.1) is 11.7 Å². The van der Waals surface area contributed by atoms with Crippen LogP contribution in [0.15, 0.2) is 24.5 Å². The maximum atomic E-state index is 6.04. The second-order valence-electron chi connectivity index (χ2n) is 5.99. The molecule has 1 saturated carbocycles. The zero-order valence-electron chi connectivity index (χ0n) is 12.5. The Hall–Kier alpha value is -1.66. The Morgan fingerprint density at radius 2 is 2.10 bits per heavy atom. The van der Waals surface area contributed by atoms with Crippen LogP contribution in [0, 0.1) is 5.41 Å². The van der Waals surface area contributed by atoms with Gasteiger partial charge in [-0.2, -0.15) is 4.37 Å². The van der Waals surface area contributed by atoms with Crippen LogP contribution >= 0.6 is 11.5 Å². The van der Waals surface area contributed by atoms with Gasteiger partial charge in [-0.3, -0.25) is 4.98 Å². The van der Waals surface area contributed by atoms with Gasteiger partial charge in [-0.15, -0.1) is 0 Å². The quantitative estimate of drug-likeness (QED) is 0.908. The van der Waals surface area contributed by atoms with Crippen molar-refractivity contribution in [3.63, 3.8) is 0 Å². The molecule has 0 amide bonds. The maximum Gasteiger partial charge on any atom is 0.147 e. The summed E-state index contributed by atoms with van der Waals surface area (Å²) in [6, 6.07) is 4.27. The fourth-order valence-electron chi connectivity index (χ4n) is 2.89. The zero-order valence-corrected chi connectivity index (χ0v) is 13.3. The Labute approximate surface area is 128 Å². The average Bonchev–Trinajstić information content (AvgIpc) is 2.84. The molecule has 2 atom stereocenters. The van der Waals surface area contributed by atoms with Gasteiger partial charge in [0.15, 0.2) is 0 Å². The Morgan fingerprint density at radius 3 is 2.71 bits per heavy atom. The predicted octanol–water partition coefficient (Wildman–Crippen LogP) is 3.01. The summed E-state index contributed by atoms with van der Waals surface area (Å²) < 4.78 is 9.80. The number of methoxy groups -OCH3 is 1. The molecule has 2 aromatic rings. The molecule has 2 unspecified atom stereocenters. The van der Waals surface area contributed by atoms with Crippen molar-refractivity contribution < 1.29 is 4.74 Å². The van der Waals surface area contributed by atoms with Crippen molar-refractivity contribution in [1.82, 2.24) is 9.36 Å². The first-order valence-corrected chi connectivity index (χ1v) is 7.76. The molecule has 0 aliphatic heterocycles. The molecule has 2 heterocycles. The Bertz CT molecular complexity index is 626. The number of nitrogens with zero attached hydrogens (tertiary/aromatic N) is 2. The normalized spacial score (nSPS) is 23.6. The zero-order chi connectivity index (χ0) is 15.0. The van der Waals surface area contributed by atoms with E-state index in [0.717, 1.165) is 22.5 Å². The number of pyridine rings is 1. The summed E-state index contributed by atoms with van der Waals surface area (Å²) in [5.74, 6) is 0.564. The lowest BCUT2D eigenvalue weighted by Crippen LogP contribution is -2.57. The minimum absolute atomic E-state index is 0.100. The van der Waals surface area contributed by atoms with Crippen molar-refractivity contribution in [1.29, 1.82) is 0 Å². The third-order valence-corrected chi connectivity index (χ3v) is 5.25. The van der Waals surface area contributed by atoms with Crippen molar-refractivity contribution in [3.05, 3.63) is 24.5 Å². The van der Waals surface area contributed by atoms with E-state index in [1.165, 1.54) is 11.5 Å². The second kappa shape index (κ2) is 5.27. The van der Waals surface area contributed by atoms with Crippen molar-refractivity contribution in [2.75, 3.05) is 18.2 Å². The number of hydrogen-bond acceptors (Lipinski definition) is 6. The van der Waals surface area contributed by atoms with Gasteiger partial charge in [-0.1, -0.05) is 13.8 Å². The van der Waals surface area contributed by atoms with Crippen LogP contribution in [0.4, 0.5) is 10.8 Å². The number of aromatic nitrogens is 2. The summed E-state index contributed by atoms with van der Waals surface area (Å²) in [4.78, 5) is 4.05. The van der Waals surface area contributed by atoms with Crippen LogP contribution < -0.4 is 11.1 Å². The van der Waals surface area contributed by atoms with Gasteiger partial charge >= 0.3 is 0 Å². The molecular formula is C15H20N4OS. The molecule has 0 radical (unpaired) electrons. The van der Waals surface area contributed by atoms with Crippen LogP contribution in [0.3, 0.4) is 0 Å². The summed E-state index contributed by atoms with van der Waals surface area (Å²) in [6.45, 7) is 4.44. The lowest BCUT2D eigenvalue weighted by Gasteiger charge is -2.51. The van der Waals surface area contributed by atoms with Crippen LogP contribution in [0.25, 0.3) is 11.1 Å². The Kier molecular flexibility index (Phi) is 3.59. The molecule has 1 aliphatic carbocycles. The first-order chi connectivity index (χ1) is 10.0. The number of ether oxygens (including phenoxy) is 1. The molecule has 112 valence electrons. The molecule has 0 bridgehead atoms. The van der Waals surface area contributed by atoms with Gasteiger partial charge < -0.3 is 15.8 Å². The highest BCUT2D eigenvalue weighted by atomic mass is 32.1. The van der Waals surface area contributed by atoms with Crippen LogP contribution in [0.2, 0.25) is 0 Å². The van der Waals surface area contributed by atoms with Crippen LogP contribution in [-0.2, 0) is 4.74 Å². The molecule has 3 N–H and O–H groups in total. The third kappa shape index (κ3) is 2.38. The van der Waals surface area contributed by atoms with E-state index in [1.807, 2.05) is 12.1 Å². The van der Waals surface area contributed by atoms with Crippen LogP contribution in [0.1, 0.15) is 20.3 Å². The largest absolute Gasteiger partial charge is 0.382 e. The van der Waals surface area contributed by atoms with E-state index < -0.39 is 0 Å². The molecule has 21 heavy (non-hydrogen) atoms. The van der Waals surface area contributed by atoms with Gasteiger partial charge in [-0.25, -0.2) is 0 Å². The van der Waals surface area contributed by atoms with E-state index in [0.29, 0.717) is 18.0 Å². The lowest BCUT2D eigenvalue weighted by molar-refractivity contribution is -0.0793. The van der Waals surface area contributed by atoms with E-state index in [1.54, 1.807) is 19.5 Å². The number of anilines is 2. The van der Waals surface area contributed by atoms with Crippen molar-refractivity contribution >= 4 is 22.4 Å². The van der Waals surface area contributed by atoms with Gasteiger partial charge in [0, 0.05) is 31.0 Å². The van der Waals surface area contributed by atoms with E-state index >= 15 is 0 Å². The molecule has 1 fully saturated rings. The SMILES string of the molecule is COC1CC(Nc2snc(N)c2-c2ccncc2)C1(C)C. The summed E-state index contributed by atoms with van der Waals surface area (Å²) in [5.41, 5.74) is 8.16. The molecule has 0 aromatic carbocycles. The van der Waals surface area contributed by atoms with Crippen molar-refractivity contribution in [2.24, 2.45) is 5.41 Å². The van der Waals surface area contributed by atoms with Crippen molar-refractivity contribution in [3.8, 4) is 11.1 Å². The first kappa shape index (κ1) is 14.3. The summed E-state index contributed by atoms with van der Waals surface area (Å²) >= 11 is 1.41. The molecule has 0 saturated heterocycles. The number of nitrogen functional groups attached to an aromatic ring is 1. The Balaban J connectivity index is 1.85. The smallest absolute Gasteiger partial charge is 0.147 e. The maximum absolute atomic E-state index is 6.04. The monoisotopic (exact) mass is 304 g/mol. The van der Waals surface area contributed by atoms with E-state index in [-0.39, 0.29) is 5.41 Å². The number of nitrogens with two attached hydrogens (primary N) is 1. The summed E-state index contributed by atoms with van der Waals surface area (Å²) in [6.07, 6.45) is 4.83. The van der Waals surface area contributed by atoms with Gasteiger partial charge in [0.2, 0.25) is 0 Å². The van der Waals surface area contributed by atoms with E-state index in [2.05, 4.69) is 28.5 Å². The number of nitrogens with one attached hydrogen (secondary N) is 1. The standard InChI is InChI=1S/C15H20N4OS/c1-15(2)10(8-11(15)20-3)18-14-12(13(16)19-21-14)9-4-6-17-7-5-9/h4-7,10-11,18H,8H2,1-3H3,(H2,16,19). The molecular weight excluding hydrogens is 284 g/mol. The summed E-state index contributed by atoms with van der Waals surface area (Å²) in [7, 11) is 1.77. The molecule has 3 rings (SSSR count). The minimum Gasteiger partial charge on any atom is -0.382 e. The highest BCUT2D eigenvalue weighted by Gasteiger charge is 2.48. The third-order valence-electron chi connectivity index (χ3n) is 4.46.